The second-order valence-electron chi connectivity index (χ2n) is 6.05. The van der Waals surface area contributed by atoms with E-state index >= 15 is 0 Å². The van der Waals surface area contributed by atoms with Crippen molar-refractivity contribution < 1.29 is 34.1 Å². The van der Waals surface area contributed by atoms with Gasteiger partial charge in [-0.15, -0.1) is 15.8 Å². The van der Waals surface area contributed by atoms with Crippen LogP contribution in [0.25, 0.3) is 0 Å². The smallest absolute Gasteiger partial charge is 0.00727 e. The summed E-state index contributed by atoms with van der Waals surface area (Å²) in [6.07, 6.45) is 40.4. The van der Waals surface area contributed by atoms with Crippen LogP contribution in [-0.2, 0) is 34.1 Å². The Balaban J connectivity index is 0.000000500. The summed E-state index contributed by atoms with van der Waals surface area (Å²) in [6, 6.07) is 0. The van der Waals surface area contributed by atoms with E-state index in [1.54, 1.807) is 11.3 Å². The molecule has 0 aromatic rings. The molecule has 4 saturated carbocycles. The second kappa shape index (κ2) is 19.6. The van der Waals surface area contributed by atoms with Gasteiger partial charge in [-0.1, -0.05) is 0 Å². The van der Waals surface area contributed by atoms with E-state index in [9.17, 15) is 0 Å². The van der Waals surface area contributed by atoms with Crippen molar-refractivity contribution in [3.8, 4) is 0 Å². The monoisotopic (exact) mass is 490 g/mol. The van der Waals surface area contributed by atoms with Gasteiger partial charge in [-0.05, 0) is 141 Å². The Morgan fingerprint density at radius 1 is 0.429 bits per heavy atom. The van der Waals surface area contributed by atoms with Gasteiger partial charge in [-0.3, -0.25) is 0 Å². The summed E-state index contributed by atoms with van der Waals surface area (Å²) in [5.74, 6) is 0. The molecule has 2 atom stereocenters. The largest absolute Gasteiger partial charge is 0.102 e. The van der Waals surface area contributed by atoms with Crippen LogP contribution >= 0.6 is 15.8 Å². The number of hydrogen-bond acceptors (Lipinski definition) is 0. The van der Waals surface area contributed by atoms with Gasteiger partial charge in [0.25, 0.3) is 0 Å². The van der Waals surface area contributed by atoms with E-state index in [4.69, 9.17) is 0 Å². The van der Waals surface area contributed by atoms with Crippen molar-refractivity contribution in [1.29, 1.82) is 0 Å². The first kappa shape index (κ1) is 29.9. The molecule has 20 radical (unpaired) electrons. The first-order valence-corrected chi connectivity index (χ1v) is 12.9. The van der Waals surface area contributed by atoms with Crippen LogP contribution in [-0.4, -0.2) is 25.7 Å². The van der Waals surface area contributed by atoms with Crippen molar-refractivity contribution in [3.05, 3.63) is 127 Å². The molecule has 0 nitrogen and oxygen atoms in total. The van der Waals surface area contributed by atoms with Crippen LogP contribution in [0.1, 0.15) is 0 Å². The van der Waals surface area contributed by atoms with E-state index in [1.165, 1.54) is 12.3 Å². The van der Waals surface area contributed by atoms with Crippen molar-refractivity contribution in [2.75, 3.05) is 25.7 Å². The predicted molar refractivity (Wildman–Crippen MR) is 119 cm³/mol. The molecule has 0 aromatic heterocycles. The van der Waals surface area contributed by atoms with Gasteiger partial charge in [0.2, 0.25) is 0 Å². The fourth-order valence-corrected chi connectivity index (χ4v) is 6.71. The van der Waals surface area contributed by atoms with Gasteiger partial charge in [0.1, 0.15) is 0 Å². The zero-order valence-electron chi connectivity index (χ0n) is 16.4. The van der Waals surface area contributed by atoms with E-state index in [0.717, 1.165) is 0 Å². The topological polar surface area (TPSA) is 0 Å². The molecule has 4 fully saturated rings. The molecule has 0 heterocycles. The van der Waals surface area contributed by atoms with Crippen LogP contribution < -0.4 is 0 Å². The van der Waals surface area contributed by atoms with Crippen molar-refractivity contribution in [2.24, 2.45) is 0 Å². The summed E-state index contributed by atoms with van der Waals surface area (Å²) < 4.78 is 0. The van der Waals surface area contributed by atoms with Crippen LogP contribution in [0, 0.1) is 127 Å². The van der Waals surface area contributed by atoms with Crippen molar-refractivity contribution in [2.45, 2.75) is 0 Å². The van der Waals surface area contributed by atoms with Crippen molar-refractivity contribution in [3.63, 3.8) is 0 Å². The van der Waals surface area contributed by atoms with Crippen LogP contribution in [0.4, 0.5) is 0 Å². The summed E-state index contributed by atoms with van der Waals surface area (Å²) in [6.45, 7) is 4.80. The summed E-state index contributed by atoms with van der Waals surface area (Å²) >= 11 is 0. The van der Waals surface area contributed by atoms with Gasteiger partial charge in [-0.25, -0.2) is 0 Å². The third kappa shape index (κ3) is 13.3. The van der Waals surface area contributed by atoms with Crippen LogP contribution in [0.3, 0.4) is 0 Å². The van der Waals surface area contributed by atoms with Gasteiger partial charge >= 0.3 is 0 Å². The maximum Gasteiger partial charge on any atom is 0.00727 e. The fourth-order valence-electron chi connectivity index (χ4n) is 2.44. The van der Waals surface area contributed by atoms with Crippen LogP contribution in [0.2, 0.25) is 0 Å². The molecule has 28 heavy (non-hydrogen) atoms. The molecule has 4 heteroatoms. The minimum Gasteiger partial charge on any atom is -0.102 e. The van der Waals surface area contributed by atoms with E-state index in [1.807, 2.05) is 64.2 Å². The summed E-state index contributed by atoms with van der Waals surface area (Å²) in [5, 5.41) is 0. The summed E-state index contributed by atoms with van der Waals surface area (Å²) in [5.41, 5.74) is 3.11. The molecular formula is C24H28Fe2P2. The SMILES string of the molecule is CP(CCP(C)[C]1[CH][CH][CH][CH]1)[C]1[CH][CH][CH][CH]1.[CH]1[CH][CH][CH][CH]1.[CH]1[CH][CH][CH][CH]1.[Fe].[Fe]. The number of hydrogen-bond donors (Lipinski definition) is 0. The molecule has 2 unspecified atom stereocenters. The minimum atomic E-state index is 0. The molecule has 4 aliphatic rings. The zero-order chi connectivity index (χ0) is 18.5. The first-order chi connectivity index (χ1) is 12.8. The first-order valence-electron chi connectivity index (χ1n) is 8.96. The maximum atomic E-state index is 2.40. The van der Waals surface area contributed by atoms with E-state index in [2.05, 4.69) is 64.7 Å². The summed E-state index contributed by atoms with van der Waals surface area (Å²) in [4.78, 5) is 0. The average molecular weight is 490 g/mol. The molecule has 150 valence electrons. The Bertz CT molecular complexity index is 273. The molecule has 0 bridgehead atoms. The molecule has 0 spiro atoms. The van der Waals surface area contributed by atoms with Gasteiger partial charge in [0.05, 0.1) is 0 Å². The van der Waals surface area contributed by atoms with Crippen molar-refractivity contribution >= 4 is 15.8 Å². The van der Waals surface area contributed by atoms with E-state index in [0.29, 0.717) is 0 Å². The van der Waals surface area contributed by atoms with E-state index in [-0.39, 0.29) is 50.0 Å². The Hall–Kier alpha value is 1.90. The van der Waals surface area contributed by atoms with Gasteiger partial charge < -0.3 is 0 Å². The third-order valence-electron chi connectivity index (χ3n) is 4.05. The number of rotatable bonds is 5. The molecular weight excluding hydrogens is 462 g/mol. The maximum absolute atomic E-state index is 2.40. The Labute approximate surface area is 201 Å². The summed E-state index contributed by atoms with van der Waals surface area (Å²) in [7, 11) is 0.138. The van der Waals surface area contributed by atoms with Gasteiger partial charge in [0.15, 0.2) is 0 Å². The molecule has 0 N–H and O–H groups in total. The second-order valence-corrected chi connectivity index (χ2v) is 10.8. The molecule has 0 aromatic carbocycles. The molecule has 0 aliphatic heterocycles. The molecule has 0 amide bonds. The van der Waals surface area contributed by atoms with Crippen LogP contribution in [0.15, 0.2) is 0 Å². The van der Waals surface area contributed by atoms with Gasteiger partial charge in [0, 0.05) is 45.5 Å². The van der Waals surface area contributed by atoms with Crippen LogP contribution in [0.5, 0.6) is 0 Å². The standard InChI is InChI=1S/C14H18P2.2C5H5.2Fe/c1-15(13-7-3-4-8-13)11-12-16(2)14-9-5-6-10-14;2*1-2-4-5-3-1;;/h3-10H,11-12H2,1-2H3;2*1-5H;;. The van der Waals surface area contributed by atoms with Gasteiger partial charge in [-0.2, -0.15) is 0 Å². The predicted octanol–water partition coefficient (Wildman–Crippen LogP) is 5.97. The quantitative estimate of drug-likeness (QED) is 0.329. The fraction of sp³-hybridized carbons (Fsp3) is 0.167. The normalized spacial score (nSPS) is 24.2. The molecule has 4 rings (SSSR count). The van der Waals surface area contributed by atoms with Crippen molar-refractivity contribution in [1.82, 2.24) is 0 Å². The Morgan fingerprint density at radius 3 is 0.857 bits per heavy atom. The Kier molecular flexibility index (Phi) is 20.9. The third-order valence-corrected chi connectivity index (χ3v) is 8.55. The molecule has 4 aliphatic carbocycles. The Morgan fingerprint density at radius 2 is 0.643 bits per heavy atom. The molecule has 0 saturated heterocycles. The minimum absolute atomic E-state index is 0. The average Bonchev–Trinajstić information content (AvgIpc) is 3.50. The van der Waals surface area contributed by atoms with E-state index < -0.39 is 0 Å². The zero-order valence-corrected chi connectivity index (χ0v) is 20.4.